The molecule has 1 amide bonds. The first kappa shape index (κ1) is 8.89. The Kier molecular flexibility index (Phi) is 1.81. The maximum atomic E-state index is 12.9. The van der Waals surface area contributed by atoms with E-state index in [1.807, 2.05) is 4.90 Å². The van der Waals surface area contributed by atoms with Crippen molar-refractivity contribution in [2.75, 3.05) is 13.1 Å². The average Bonchev–Trinajstić information content (AvgIpc) is 2.85. The molecule has 1 aliphatic carbocycles. The lowest BCUT2D eigenvalue weighted by Gasteiger charge is -2.17. The number of likely N-dealkylation sites (tertiary alicyclic amines) is 1. The summed E-state index contributed by atoms with van der Waals surface area (Å²) >= 11 is 0. The summed E-state index contributed by atoms with van der Waals surface area (Å²) in [6, 6.07) is 5.93. The Morgan fingerprint density at radius 2 is 2.07 bits per heavy atom. The molecular formula is C12H12FNO. The van der Waals surface area contributed by atoms with Gasteiger partial charge in [0, 0.05) is 18.7 Å². The molecule has 0 N–H and O–H groups in total. The van der Waals surface area contributed by atoms with Crippen LogP contribution in [0.15, 0.2) is 24.3 Å². The van der Waals surface area contributed by atoms with Crippen LogP contribution >= 0.6 is 0 Å². The molecule has 0 radical (unpaired) electrons. The van der Waals surface area contributed by atoms with Gasteiger partial charge >= 0.3 is 0 Å². The number of carbonyl (C=O) groups excluding carboxylic acids is 1. The molecule has 1 saturated heterocycles. The molecular weight excluding hydrogens is 193 g/mol. The van der Waals surface area contributed by atoms with Crippen LogP contribution in [0.2, 0.25) is 0 Å². The van der Waals surface area contributed by atoms with Gasteiger partial charge in [0.05, 0.1) is 0 Å². The molecule has 3 heteroatoms. The van der Waals surface area contributed by atoms with Gasteiger partial charge in [-0.15, -0.1) is 0 Å². The molecule has 1 aromatic carbocycles. The molecule has 0 spiro atoms. The second kappa shape index (κ2) is 3.05. The van der Waals surface area contributed by atoms with Crippen molar-refractivity contribution in [1.29, 1.82) is 0 Å². The summed E-state index contributed by atoms with van der Waals surface area (Å²) in [5, 5.41) is 0. The monoisotopic (exact) mass is 205 g/mol. The van der Waals surface area contributed by atoms with Crippen LogP contribution in [0.25, 0.3) is 0 Å². The molecule has 1 aromatic rings. The highest BCUT2D eigenvalue weighted by molar-refractivity contribution is 5.94. The van der Waals surface area contributed by atoms with E-state index in [4.69, 9.17) is 0 Å². The zero-order valence-corrected chi connectivity index (χ0v) is 8.32. The Morgan fingerprint density at radius 1 is 1.33 bits per heavy atom. The largest absolute Gasteiger partial charge is 0.338 e. The van der Waals surface area contributed by atoms with Gasteiger partial charge in [-0.25, -0.2) is 4.39 Å². The zero-order valence-electron chi connectivity index (χ0n) is 8.32. The third-order valence-electron chi connectivity index (χ3n) is 3.34. The van der Waals surface area contributed by atoms with Crippen molar-refractivity contribution < 1.29 is 9.18 Å². The lowest BCUT2D eigenvalue weighted by atomic mass is 10.2. The standard InChI is InChI=1S/C12H12FNO/c13-11-3-1-2-8(5-11)12(15)14-6-9-4-10(9)7-14/h1-3,5,9-10H,4,6-7H2. The van der Waals surface area contributed by atoms with Gasteiger partial charge in [-0.2, -0.15) is 0 Å². The minimum atomic E-state index is -0.342. The van der Waals surface area contributed by atoms with Crippen LogP contribution < -0.4 is 0 Å². The van der Waals surface area contributed by atoms with Gasteiger partial charge in [-0.05, 0) is 36.5 Å². The Morgan fingerprint density at radius 3 is 2.73 bits per heavy atom. The van der Waals surface area contributed by atoms with E-state index in [0.717, 1.165) is 24.9 Å². The van der Waals surface area contributed by atoms with Crippen LogP contribution in [-0.2, 0) is 0 Å². The van der Waals surface area contributed by atoms with Crippen LogP contribution in [0.3, 0.4) is 0 Å². The van der Waals surface area contributed by atoms with Crippen molar-refractivity contribution in [2.24, 2.45) is 11.8 Å². The fraction of sp³-hybridized carbons (Fsp3) is 0.417. The molecule has 1 saturated carbocycles. The van der Waals surface area contributed by atoms with E-state index in [-0.39, 0.29) is 11.7 Å². The van der Waals surface area contributed by atoms with Gasteiger partial charge in [0.2, 0.25) is 0 Å². The van der Waals surface area contributed by atoms with Gasteiger partial charge in [0.25, 0.3) is 5.91 Å². The van der Waals surface area contributed by atoms with E-state index in [2.05, 4.69) is 0 Å². The van der Waals surface area contributed by atoms with E-state index in [1.165, 1.54) is 18.6 Å². The number of hydrogen-bond donors (Lipinski definition) is 0. The summed E-state index contributed by atoms with van der Waals surface area (Å²) in [4.78, 5) is 13.8. The van der Waals surface area contributed by atoms with Crippen LogP contribution in [0, 0.1) is 17.7 Å². The third-order valence-corrected chi connectivity index (χ3v) is 3.34. The molecule has 78 valence electrons. The quantitative estimate of drug-likeness (QED) is 0.686. The fourth-order valence-corrected chi connectivity index (χ4v) is 2.37. The van der Waals surface area contributed by atoms with E-state index in [1.54, 1.807) is 12.1 Å². The van der Waals surface area contributed by atoms with Crippen molar-refractivity contribution >= 4 is 5.91 Å². The van der Waals surface area contributed by atoms with Crippen LogP contribution in [0.5, 0.6) is 0 Å². The van der Waals surface area contributed by atoms with Crippen molar-refractivity contribution in [2.45, 2.75) is 6.42 Å². The first-order valence-corrected chi connectivity index (χ1v) is 5.29. The summed E-state index contributed by atoms with van der Waals surface area (Å²) in [5.74, 6) is 1.08. The molecule has 0 aromatic heterocycles. The average molecular weight is 205 g/mol. The van der Waals surface area contributed by atoms with Crippen molar-refractivity contribution in [1.82, 2.24) is 4.90 Å². The SMILES string of the molecule is O=C(c1cccc(F)c1)N1CC2CC2C1. The van der Waals surface area contributed by atoms with E-state index in [0.29, 0.717) is 5.56 Å². The third kappa shape index (κ3) is 1.52. The second-order valence-electron chi connectivity index (χ2n) is 4.48. The normalized spacial score (nSPS) is 27.7. The number of benzene rings is 1. The number of fused-ring (bicyclic) bond motifs is 1. The second-order valence-corrected chi connectivity index (χ2v) is 4.48. The summed E-state index contributed by atoms with van der Waals surface area (Å²) in [6.07, 6.45) is 1.27. The number of carbonyl (C=O) groups is 1. The Balaban J connectivity index is 1.79. The zero-order chi connectivity index (χ0) is 10.4. The Bertz CT molecular complexity index is 408. The molecule has 2 atom stereocenters. The molecule has 0 bridgehead atoms. The van der Waals surface area contributed by atoms with Gasteiger partial charge in [0.15, 0.2) is 0 Å². The van der Waals surface area contributed by atoms with E-state index < -0.39 is 0 Å². The van der Waals surface area contributed by atoms with E-state index in [9.17, 15) is 9.18 Å². The molecule has 15 heavy (non-hydrogen) atoms. The van der Waals surface area contributed by atoms with Crippen LogP contribution in [-0.4, -0.2) is 23.9 Å². The number of rotatable bonds is 1. The van der Waals surface area contributed by atoms with Crippen molar-refractivity contribution in [3.8, 4) is 0 Å². The van der Waals surface area contributed by atoms with Gasteiger partial charge < -0.3 is 4.90 Å². The summed E-state index contributed by atoms with van der Waals surface area (Å²) in [7, 11) is 0. The lowest BCUT2D eigenvalue weighted by molar-refractivity contribution is 0.0775. The molecule has 2 nitrogen and oxygen atoms in total. The summed E-state index contributed by atoms with van der Waals surface area (Å²) < 4.78 is 12.9. The van der Waals surface area contributed by atoms with Gasteiger partial charge in [-0.1, -0.05) is 6.07 Å². The number of hydrogen-bond acceptors (Lipinski definition) is 1. The molecule has 2 unspecified atom stereocenters. The highest BCUT2D eigenvalue weighted by Gasteiger charge is 2.46. The van der Waals surface area contributed by atoms with Gasteiger partial charge in [-0.3, -0.25) is 4.79 Å². The summed E-state index contributed by atoms with van der Waals surface area (Å²) in [6.45, 7) is 1.72. The Hall–Kier alpha value is -1.38. The van der Waals surface area contributed by atoms with Gasteiger partial charge in [0.1, 0.15) is 5.82 Å². The summed E-state index contributed by atoms with van der Waals surface area (Å²) in [5.41, 5.74) is 0.469. The number of halogens is 1. The van der Waals surface area contributed by atoms with Crippen molar-refractivity contribution in [3.63, 3.8) is 0 Å². The minimum absolute atomic E-state index is 0.0262. The maximum Gasteiger partial charge on any atom is 0.253 e. The Labute approximate surface area is 87.7 Å². The molecule has 3 rings (SSSR count). The maximum absolute atomic E-state index is 12.9. The topological polar surface area (TPSA) is 20.3 Å². The number of nitrogens with zero attached hydrogens (tertiary/aromatic N) is 1. The highest BCUT2D eigenvalue weighted by atomic mass is 19.1. The smallest absolute Gasteiger partial charge is 0.253 e. The van der Waals surface area contributed by atoms with Crippen LogP contribution in [0.4, 0.5) is 4.39 Å². The predicted molar refractivity (Wildman–Crippen MR) is 53.9 cm³/mol. The first-order chi connectivity index (χ1) is 7.24. The predicted octanol–water partition coefficient (Wildman–Crippen LogP) is 1.92. The van der Waals surface area contributed by atoms with Crippen LogP contribution in [0.1, 0.15) is 16.8 Å². The highest BCUT2D eigenvalue weighted by Crippen LogP contribution is 2.45. The van der Waals surface area contributed by atoms with Crippen molar-refractivity contribution in [3.05, 3.63) is 35.6 Å². The number of amides is 1. The molecule has 1 heterocycles. The fourth-order valence-electron chi connectivity index (χ4n) is 2.37. The van der Waals surface area contributed by atoms with E-state index >= 15 is 0 Å². The first-order valence-electron chi connectivity index (χ1n) is 5.29. The lowest BCUT2D eigenvalue weighted by Crippen LogP contribution is -2.30. The number of piperidine rings is 1. The molecule has 1 aliphatic heterocycles. The molecule has 2 fully saturated rings. The molecule has 2 aliphatic rings. The minimum Gasteiger partial charge on any atom is -0.338 e.